The summed E-state index contributed by atoms with van der Waals surface area (Å²) >= 11 is 0. The Bertz CT molecular complexity index is 437. The first kappa shape index (κ1) is 14.2. The van der Waals surface area contributed by atoms with Gasteiger partial charge in [0.05, 0.1) is 10.5 Å². The van der Waals surface area contributed by atoms with Crippen molar-refractivity contribution in [1.29, 1.82) is 0 Å². The van der Waals surface area contributed by atoms with E-state index in [0.717, 1.165) is 0 Å². The van der Waals surface area contributed by atoms with Gasteiger partial charge >= 0.3 is 0 Å². The maximum Gasteiger partial charge on any atom is 0.242 e. The Morgan fingerprint density at radius 2 is 2.18 bits per heavy atom. The number of aliphatic hydroxyl groups is 1. The van der Waals surface area contributed by atoms with Crippen LogP contribution < -0.4 is 4.72 Å². The van der Waals surface area contributed by atoms with Gasteiger partial charge in [-0.1, -0.05) is 0 Å². The number of H-pyrrole nitrogens is 1. The molecule has 0 bridgehead atoms. The fourth-order valence-corrected chi connectivity index (χ4v) is 2.68. The number of aromatic amines is 1. The molecule has 0 aromatic carbocycles. The van der Waals surface area contributed by atoms with Gasteiger partial charge in [-0.05, 0) is 27.1 Å². The van der Waals surface area contributed by atoms with Crippen molar-refractivity contribution < 1.29 is 13.5 Å². The first-order valence-electron chi connectivity index (χ1n) is 5.22. The maximum atomic E-state index is 11.8. The van der Waals surface area contributed by atoms with E-state index in [1.807, 2.05) is 14.1 Å². The summed E-state index contributed by atoms with van der Waals surface area (Å²) in [6, 6.07) is 1.46. The summed E-state index contributed by atoms with van der Waals surface area (Å²) in [6.07, 6.45) is 2.93. The van der Waals surface area contributed by atoms with E-state index >= 15 is 0 Å². The highest BCUT2D eigenvalue weighted by molar-refractivity contribution is 7.89. The first-order chi connectivity index (χ1) is 7.73. The van der Waals surface area contributed by atoms with Crippen LogP contribution in [0.15, 0.2) is 23.4 Å². The van der Waals surface area contributed by atoms with Crippen molar-refractivity contribution in [3.8, 4) is 0 Å². The number of hydrogen-bond acceptors (Lipinski definition) is 4. The van der Waals surface area contributed by atoms with Crippen molar-refractivity contribution in [3.63, 3.8) is 0 Å². The van der Waals surface area contributed by atoms with Crippen molar-refractivity contribution >= 4 is 10.0 Å². The number of nitrogens with one attached hydrogen (secondary N) is 2. The van der Waals surface area contributed by atoms with Gasteiger partial charge in [0.2, 0.25) is 10.0 Å². The standard InChI is InChI=1S/C10H19N3O3S/c1-10(14,8-13(2)3)7-12-17(15,16)9-4-5-11-6-9/h4-6,11-12,14H,7-8H2,1-3H3. The molecule has 1 aromatic heterocycles. The minimum absolute atomic E-state index is 0.0291. The number of sulfonamides is 1. The second-order valence-electron chi connectivity index (χ2n) is 4.61. The van der Waals surface area contributed by atoms with E-state index in [0.29, 0.717) is 6.54 Å². The van der Waals surface area contributed by atoms with Gasteiger partial charge in [-0.2, -0.15) is 0 Å². The average molecular weight is 261 g/mol. The molecule has 1 unspecified atom stereocenters. The highest BCUT2D eigenvalue weighted by Gasteiger charge is 2.24. The average Bonchev–Trinajstić information content (AvgIpc) is 2.66. The molecular formula is C10H19N3O3S. The van der Waals surface area contributed by atoms with E-state index in [4.69, 9.17) is 0 Å². The summed E-state index contributed by atoms with van der Waals surface area (Å²) in [7, 11) is 0.0835. The zero-order chi connectivity index (χ0) is 13.1. The Hall–Kier alpha value is -0.890. The lowest BCUT2D eigenvalue weighted by molar-refractivity contribution is 0.0386. The quantitative estimate of drug-likeness (QED) is 0.651. The van der Waals surface area contributed by atoms with Crippen molar-refractivity contribution in [2.75, 3.05) is 27.2 Å². The molecule has 0 saturated carbocycles. The van der Waals surface area contributed by atoms with Gasteiger partial charge in [-0.3, -0.25) is 0 Å². The van der Waals surface area contributed by atoms with Gasteiger partial charge in [-0.15, -0.1) is 0 Å². The highest BCUT2D eigenvalue weighted by Crippen LogP contribution is 2.09. The lowest BCUT2D eigenvalue weighted by Crippen LogP contribution is -2.47. The summed E-state index contributed by atoms with van der Waals surface area (Å²) in [5.74, 6) is 0. The molecule has 0 spiro atoms. The second kappa shape index (κ2) is 5.18. The molecule has 0 saturated heterocycles. The van der Waals surface area contributed by atoms with Crippen LogP contribution >= 0.6 is 0 Å². The molecule has 98 valence electrons. The van der Waals surface area contributed by atoms with Gasteiger partial charge in [0.25, 0.3) is 0 Å². The second-order valence-corrected chi connectivity index (χ2v) is 6.37. The Labute approximate surface area is 102 Å². The molecule has 0 amide bonds. The van der Waals surface area contributed by atoms with Crippen LogP contribution in [-0.4, -0.2) is 56.2 Å². The van der Waals surface area contributed by atoms with E-state index in [2.05, 4.69) is 9.71 Å². The fourth-order valence-electron chi connectivity index (χ4n) is 1.55. The molecule has 0 aliphatic heterocycles. The van der Waals surface area contributed by atoms with Crippen LogP contribution in [0.3, 0.4) is 0 Å². The Morgan fingerprint density at radius 1 is 1.53 bits per heavy atom. The zero-order valence-electron chi connectivity index (χ0n) is 10.3. The lowest BCUT2D eigenvalue weighted by Gasteiger charge is -2.26. The van der Waals surface area contributed by atoms with Crippen LogP contribution in [0.25, 0.3) is 0 Å². The normalized spacial score (nSPS) is 16.1. The maximum absolute atomic E-state index is 11.8. The molecule has 1 rings (SSSR count). The minimum Gasteiger partial charge on any atom is -0.387 e. The zero-order valence-corrected chi connectivity index (χ0v) is 11.1. The molecule has 3 N–H and O–H groups in total. The topological polar surface area (TPSA) is 85.4 Å². The SMILES string of the molecule is CN(C)CC(C)(O)CNS(=O)(=O)c1cc[nH]c1. The van der Waals surface area contributed by atoms with Crippen LogP contribution in [-0.2, 0) is 10.0 Å². The monoisotopic (exact) mass is 261 g/mol. The molecule has 0 aliphatic carbocycles. The Kier molecular flexibility index (Phi) is 4.31. The minimum atomic E-state index is -3.55. The lowest BCUT2D eigenvalue weighted by atomic mass is 10.1. The molecule has 7 heteroatoms. The number of nitrogens with zero attached hydrogens (tertiary/aromatic N) is 1. The summed E-state index contributed by atoms with van der Waals surface area (Å²) < 4.78 is 25.9. The molecule has 0 radical (unpaired) electrons. The molecule has 6 nitrogen and oxygen atoms in total. The van der Waals surface area contributed by atoms with Crippen LogP contribution in [0, 0.1) is 0 Å². The number of hydrogen-bond donors (Lipinski definition) is 3. The van der Waals surface area contributed by atoms with Gasteiger partial charge < -0.3 is 15.0 Å². The van der Waals surface area contributed by atoms with Crippen molar-refractivity contribution in [2.45, 2.75) is 17.4 Å². The van der Waals surface area contributed by atoms with E-state index in [-0.39, 0.29) is 11.4 Å². The van der Waals surface area contributed by atoms with Crippen molar-refractivity contribution in [1.82, 2.24) is 14.6 Å². The largest absolute Gasteiger partial charge is 0.387 e. The molecular weight excluding hydrogens is 242 g/mol. The summed E-state index contributed by atoms with van der Waals surface area (Å²) in [5.41, 5.74) is -1.10. The van der Waals surface area contributed by atoms with Crippen LogP contribution in [0.1, 0.15) is 6.92 Å². The highest BCUT2D eigenvalue weighted by atomic mass is 32.2. The smallest absolute Gasteiger partial charge is 0.242 e. The first-order valence-corrected chi connectivity index (χ1v) is 6.71. The third-order valence-corrected chi connectivity index (χ3v) is 3.58. The third kappa shape index (κ3) is 4.47. The number of likely N-dealkylation sites (N-methyl/N-ethyl adjacent to an activating group) is 1. The molecule has 1 heterocycles. The van der Waals surface area contributed by atoms with Crippen LogP contribution in [0.4, 0.5) is 0 Å². The van der Waals surface area contributed by atoms with E-state index in [9.17, 15) is 13.5 Å². The van der Waals surface area contributed by atoms with Gasteiger partial charge in [0.1, 0.15) is 0 Å². The van der Waals surface area contributed by atoms with Crippen molar-refractivity contribution in [2.24, 2.45) is 0 Å². The predicted molar refractivity (Wildman–Crippen MR) is 65.2 cm³/mol. The van der Waals surface area contributed by atoms with Gasteiger partial charge in [0.15, 0.2) is 0 Å². The molecule has 17 heavy (non-hydrogen) atoms. The molecule has 1 atom stereocenters. The number of rotatable bonds is 6. The van der Waals surface area contributed by atoms with Crippen molar-refractivity contribution in [3.05, 3.63) is 18.5 Å². The predicted octanol–water partition coefficient (Wildman–Crippen LogP) is -0.394. The number of aromatic nitrogens is 1. The fraction of sp³-hybridized carbons (Fsp3) is 0.600. The van der Waals surface area contributed by atoms with Crippen LogP contribution in [0.5, 0.6) is 0 Å². The molecule has 0 aliphatic rings. The van der Waals surface area contributed by atoms with E-state index < -0.39 is 15.6 Å². The van der Waals surface area contributed by atoms with Gasteiger partial charge in [-0.25, -0.2) is 13.1 Å². The summed E-state index contributed by atoms with van der Waals surface area (Å²) in [6.45, 7) is 1.94. The molecule has 1 aromatic rings. The Balaban J connectivity index is 2.62. The summed E-state index contributed by atoms with van der Waals surface area (Å²) in [5, 5.41) is 9.97. The Morgan fingerprint density at radius 3 is 2.65 bits per heavy atom. The van der Waals surface area contributed by atoms with E-state index in [1.165, 1.54) is 18.5 Å². The van der Waals surface area contributed by atoms with Gasteiger partial charge in [0, 0.05) is 25.5 Å². The summed E-state index contributed by atoms with van der Waals surface area (Å²) in [4.78, 5) is 4.64. The third-order valence-electron chi connectivity index (χ3n) is 2.18. The van der Waals surface area contributed by atoms with Crippen LogP contribution in [0.2, 0.25) is 0 Å². The molecule has 0 fully saturated rings. The van der Waals surface area contributed by atoms with E-state index in [1.54, 1.807) is 11.8 Å².